The van der Waals surface area contributed by atoms with Crippen LogP contribution in [0, 0.1) is 5.82 Å². The van der Waals surface area contributed by atoms with Crippen molar-refractivity contribution < 1.29 is 9.50 Å². The number of hydrogen-bond acceptors (Lipinski definition) is 3. The van der Waals surface area contributed by atoms with Crippen molar-refractivity contribution in [3.05, 3.63) is 41.0 Å². The highest BCUT2D eigenvalue weighted by Crippen LogP contribution is 2.21. The largest absolute Gasteiger partial charge is 0.392 e. The molecule has 0 amide bonds. The van der Waals surface area contributed by atoms with Gasteiger partial charge in [0.2, 0.25) is 0 Å². The first-order valence-corrected chi connectivity index (χ1v) is 4.95. The molecule has 14 heavy (non-hydrogen) atoms. The predicted molar refractivity (Wildman–Crippen MR) is 53.4 cm³/mol. The van der Waals surface area contributed by atoms with Crippen molar-refractivity contribution in [3.63, 3.8) is 0 Å². The second kappa shape index (κ2) is 3.86. The summed E-state index contributed by atoms with van der Waals surface area (Å²) in [6.07, 6.45) is 0. The minimum Gasteiger partial charge on any atom is -0.392 e. The quantitative estimate of drug-likeness (QED) is 0.824. The third kappa shape index (κ3) is 1.66. The summed E-state index contributed by atoms with van der Waals surface area (Å²) in [5.41, 5.74) is 1.81. The van der Waals surface area contributed by atoms with Crippen LogP contribution < -0.4 is 0 Å². The lowest BCUT2D eigenvalue weighted by Crippen LogP contribution is -1.90. The van der Waals surface area contributed by atoms with Crippen LogP contribution in [-0.2, 0) is 6.61 Å². The zero-order valence-electron chi connectivity index (χ0n) is 7.27. The van der Waals surface area contributed by atoms with Crippen LogP contribution in [0.4, 0.5) is 4.39 Å². The monoisotopic (exact) mass is 209 g/mol. The van der Waals surface area contributed by atoms with E-state index in [2.05, 4.69) is 4.37 Å². The van der Waals surface area contributed by atoms with Crippen LogP contribution in [0.1, 0.15) is 5.56 Å². The minimum atomic E-state index is -0.391. The standard InChI is InChI=1S/C10H8FNOS/c11-9-5-7(1-2-8(9)6-13)10-3-4-14-12-10/h1-5,13H,6H2. The molecule has 1 aromatic heterocycles. The Morgan fingerprint density at radius 3 is 2.79 bits per heavy atom. The van der Waals surface area contributed by atoms with Gasteiger partial charge in [-0.15, -0.1) is 0 Å². The number of aliphatic hydroxyl groups is 1. The van der Waals surface area contributed by atoms with E-state index in [1.165, 1.54) is 17.6 Å². The van der Waals surface area contributed by atoms with Gasteiger partial charge in [0.25, 0.3) is 0 Å². The number of aromatic nitrogens is 1. The first-order chi connectivity index (χ1) is 6.81. The Kier molecular flexibility index (Phi) is 2.56. The van der Waals surface area contributed by atoms with Crippen LogP contribution in [0.5, 0.6) is 0 Å². The Bertz CT molecular complexity index is 428. The minimum absolute atomic E-state index is 0.275. The van der Waals surface area contributed by atoms with Gasteiger partial charge in [-0.25, -0.2) is 4.39 Å². The summed E-state index contributed by atoms with van der Waals surface area (Å²) in [5.74, 6) is -0.391. The molecule has 0 aliphatic heterocycles. The zero-order valence-corrected chi connectivity index (χ0v) is 8.09. The normalized spacial score (nSPS) is 10.4. The lowest BCUT2D eigenvalue weighted by molar-refractivity contribution is 0.276. The van der Waals surface area contributed by atoms with Crippen molar-refractivity contribution in [1.82, 2.24) is 4.37 Å². The molecule has 0 radical (unpaired) electrons. The van der Waals surface area contributed by atoms with Crippen molar-refractivity contribution >= 4 is 11.5 Å². The number of hydrogen-bond donors (Lipinski definition) is 1. The van der Waals surface area contributed by atoms with E-state index in [4.69, 9.17) is 5.11 Å². The summed E-state index contributed by atoms with van der Waals surface area (Å²) >= 11 is 1.33. The van der Waals surface area contributed by atoms with Crippen LogP contribution in [0.25, 0.3) is 11.3 Å². The van der Waals surface area contributed by atoms with Gasteiger partial charge in [-0.05, 0) is 23.7 Å². The molecule has 0 atom stereocenters. The first-order valence-electron chi connectivity index (χ1n) is 4.11. The van der Waals surface area contributed by atoms with Crippen molar-refractivity contribution in [2.24, 2.45) is 0 Å². The van der Waals surface area contributed by atoms with E-state index in [9.17, 15) is 4.39 Å². The molecule has 0 aliphatic carbocycles. The summed E-state index contributed by atoms with van der Waals surface area (Å²) in [6.45, 7) is -0.275. The van der Waals surface area contributed by atoms with Gasteiger partial charge in [0.15, 0.2) is 0 Å². The van der Waals surface area contributed by atoms with E-state index in [0.29, 0.717) is 5.56 Å². The molecule has 4 heteroatoms. The first kappa shape index (κ1) is 9.30. The summed E-state index contributed by atoms with van der Waals surface area (Å²) in [4.78, 5) is 0. The summed E-state index contributed by atoms with van der Waals surface area (Å²) in [6, 6.07) is 6.55. The van der Waals surface area contributed by atoms with Gasteiger partial charge in [0.1, 0.15) is 5.82 Å². The highest BCUT2D eigenvalue weighted by atomic mass is 32.1. The zero-order chi connectivity index (χ0) is 9.97. The Morgan fingerprint density at radius 1 is 1.36 bits per heavy atom. The van der Waals surface area contributed by atoms with E-state index < -0.39 is 5.82 Å². The molecule has 0 fully saturated rings. The fourth-order valence-corrected chi connectivity index (χ4v) is 1.73. The third-order valence-electron chi connectivity index (χ3n) is 1.96. The summed E-state index contributed by atoms with van der Waals surface area (Å²) in [7, 11) is 0. The van der Waals surface area contributed by atoms with Crippen molar-refractivity contribution in [2.75, 3.05) is 0 Å². The maximum absolute atomic E-state index is 13.3. The van der Waals surface area contributed by atoms with Crippen LogP contribution in [0.15, 0.2) is 29.6 Å². The number of halogens is 1. The van der Waals surface area contributed by atoms with E-state index >= 15 is 0 Å². The molecule has 1 aromatic carbocycles. The second-order valence-electron chi connectivity index (χ2n) is 2.85. The number of nitrogens with zero attached hydrogens (tertiary/aromatic N) is 1. The summed E-state index contributed by atoms with van der Waals surface area (Å²) in [5, 5.41) is 10.6. The Morgan fingerprint density at radius 2 is 2.21 bits per heavy atom. The molecule has 0 unspecified atom stereocenters. The van der Waals surface area contributed by atoms with Crippen molar-refractivity contribution in [2.45, 2.75) is 6.61 Å². The molecule has 0 bridgehead atoms. The van der Waals surface area contributed by atoms with Crippen molar-refractivity contribution in [3.8, 4) is 11.3 Å². The van der Waals surface area contributed by atoms with Crippen LogP contribution in [0.2, 0.25) is 0 Å². The Labute approximate surface area is 84.8 Å². The molecule has 0 spiro atoms. The maximum Gasteiger partial charge on any atom is 0.129 e. The van der Waals surface area contributed by atoms with E-state index in [1.54, 1.807) is 12.1 Å². The SMILES string of the molecule is OCc1ccc(-c2ccsn2)cc1F. The van der Waals surface area contributed by atoms with Gasteiger partial charge in [-0.1, -0.05) is 12.1 Å². The van der Waals surface area contributed by atoms with Gasteiger partial charge < -0.3 is 5.11 Å². The second-order valence-corrected chi connectivity index (χ2v) is 3.51. The topological polar surface area (TPSA) is 33.1 Å². The molecular weight excluding hydrogens is 201 g/mol. The van der Waals surface area contributed by atoms with Gasteiger partial charge in [0.05, 0.1) is 12.3 Å². The molecule has 0 aliphatic rings. The third-order valence-corrected chi connectivity index (χ3v) is 2.52. The fourth-order valence-electron chi connectivity index (χ4n) is 1.20. The molecule has 2 nitrogen and oxygen atoms in total. The molecule has 2 aromatic rings. The number of benzene rings is 1. The molecule has 2 rings (SSSR count). The predicted octanol–water partition coefficient (Wildman–Crippen LogP) is 2.44. The van der Waals surface area contributed by atoms with E-state index in [-0.39, 0.29) is 6.61 Å². The molecule has 1 heterocycles. The lowest BCUT2D eigenvalue weighted by Gasteiger charge is -2.01. The van der Waals surface area contributed by atoms with Gasteiger partial charge >= 0.3 is 0 Å². The average Bonchev–Trinajstić information content (AvgIpc) is 2.70. The molecule has 72 valence electrons. The molecule has 1 N–H and O–H groups in total. The number of rotatable bonds is 2. The Balaban J connectivity index is 2.43. The Hall–Kier alpha value is -1.26. The average molecular weight is 209 g/mol. The van der Waals surface area contributed by atoms with Crippen LogP contribution >= 0.6 is 11.5 Å². The van der Waals surface area contributed by atoms with Crippen LogP contribution in [0.3, 0.4) is 0 Å². The van der Waals surface area contributed by atoms with Crippen LogP contribution in [-0.4, -0.2) is 9.48 Å². The highest BCUT2D eigenvalue weighted by Gasteiger charge is 2.05. The fraction of sp³-hybridized carbons (Fsp3) is 0.100. The van der Waals surface area contributed by atoms with E-state index in [0.717, 1.165) is 11.3 Å². The van der Waals surface area contributed by atoms with Gasteiger partial charge in [-0.3, -0.25) is 0 Å². The smallest absolute Gasteiger partial charge is 0.129 e. The molecule has 0 saturated carbocycles. The molecular formula is C10H8FNOS. The lowest BCUT2D eigenvalue weighted by atomic mass is 10.1. The highest BCUT2D eigenvalue weighted by molar-refractivity contribution is 7.03. The van der Waals surface area contributed by atoms with Crippen molar-refractivity contribution in [1.29, 1.82) is 0 Å². The molecule has 0 saturated heterocycles. The summed E-state index contributed by atoms with van der Waals surface area (Å²) < 4.78 is 17.4. The van der Waals surface area contributed by atoms with Gasteiger partial charge in [-0.2, -0.15) is 4.37 Å². The van der Waals surface area contributed by atoms with E-state index in [1.807, 2.05) is 11.4 Å². The maximum atomic E-state index is 13.3. The number of aliphatic hydroxyl groups excluding tert-OH is 1. The van der Waals surface area contributed by atoms with Gasteiger partial charge in [0, 0.05) is 16.5 Å².